The number of carbonyl (C=O) groups is 1. The van der Waals surface area contributed by atoms with Gasteiger partial charge in [-0.1, -0.05) is 31.9 Å². The number of rotatable bonds is 2. The average Bonchev–Trinajstić information content (AvgIpc) is 2.74. The summed E-state index contributed by atoms with van der Waals surface area (Å²) in [5.74, 6) is -0.0202. The van der Waals surface area contributed by atoms with Gasteiger partial charge in [0.15, 0.2) is 0 Å². The maximum Gasteiger partial charge on any atom is 0.210 e. The van der Waals surface area contributed by atoms with E-state index in [1.165, 1.54) is 0 Å². The minimum absolute atomic E-state index is 0.0202. The van der Waals surface area contributed by atoms with Crippen molar-refractivity contribution < 1.29 is 4.79 Å². The second-order valence-electron chi connectivity index (χ2n) is 3.04. The topological polar surface area (TPSA) is 32.9 Å². The van der Waals surface area contributed by atoms with Crippen molar-refractivity contribution in [1.29, 1.82) is 0 Å². The molecule has 76 valence electrons. The van der Waals surface area contributed by atoms with Crippen LogP contribution in [0, 0.1) is 0 Å². The lowest BCUT2D eigenvalue weighted by molar-refractivity contribution is 0.103. The highest BCUT2D eigenvalue weighted by molar-refractivity contribution is 9.11. The largest absolute Gasteiger partial charge is 0.359 e. The van der Waals surface area contributed by atoms with Gasteiger partial charge in [-0.3, -0.25) is 4.79 Å². The van der Waals surface area contributed by atoms with Gasteiger partial charge in [0, 0.05) is 20.7 Å². The smallest absolute Gasteiger partial charge is 0.210 e. The number of ketones is 1. The number of halogens is 2. The lowest BCUT2D eigenvalue weighted by atomic mass is 10.1. The summed E-state index contributed by atoms with van der Waals surface area (Å²) in [5, 5.41) is 0. The summed E-state index contributed by atoms with van der Waals surface area (Å²) in [6, 6.07) is 9.10. The van der Waals surface area contributed by atoms with Crippen molar-refractivity contribution in [3.05, 3.63) is 56.7 Å². The Labute approximate surface area is 104 Å². The van der Waals surface area contributed by atoms with Gasteiger partial charge < -0.3 is 4.98 Å². The summed E-state index contributed by atoms with van der Waals surface area (Å²) < 4.78 is 1.69. The van der Waals surface area contributed by atoms with Crippen LogP contribution in [0.4, 0.5) is 0 Å². The van der Waals surface area contributed by atoms with E-state index in [2.05, 4.69) is 36.8 Å². The summed E-state index contributed by atoms with van der Waals surface area (Å²) in [7, 11) is 0. The molecule has 0 radical (unpaired) electrons. The zero-order valence-corrected chi connectivity index (χ0v) is 10.8. The lowest BCUT2D eigenvalue weighted by Gasteiger charge is -2.02. The van der Waals surface area contributed by atoms with Crippen molar-refractivity contribution in [3.63, 3.8) is 0 Å². The van der Waals surface area contributed by atoms with Crippen molar-refractivity contribution in [1.82, 2.24) is 4.98 Å². The first-order valence-corrected chi connectivity index (χ1v) is 5.90. The second kappa shape index (κ2) is 4.33. The van der Waals surface area contributed by atoms with Crippen LogP contribution in [0.25, 0.3) is 0 Å². The van der Waals surface area contributed by atoms with Gasteiger partial charge in [-0.2, -0.15) is 0 Å². The Morgan fingerprint density at radius 3 is 2.67 bits per heavy atom. The highest BCUT2D eigenvalue weighted by atomic mass is 79.9. The van der Waals surface area contributed by atoms with E-state index in [0.29, 0.717) is 11.3 Å². The van der Waals surface area contributed by atoms with Gasteiger partial charge in [0.1, 0.15) is 0 Å². The molecular formula is C11H7Br2NO. The molecule has 0 amide bonds. The van der Waals surface area contributed by atoms with Crippen molar-refractivity contribution >= 4 is 37.6 Å². The Morgan fingerprint density at radius 1 is 1.20 bits per heavy atom. The number of hydrogen-bond donors (Lipinski definition) is 1. The van der Waals surface area contributed by atoms with Gasteiger partial charge in [-0.15, -0.1) is 0 Å². The minimum Gasteiger partial charge on any atom is -0.359 e. The molecule has 15 heavy (non-hydrogen) atoms. The van der Waals surface area contributed by atoms with Gasteiger partial charge in [0.25, 0.3) is 0 Å². The Morgan fingerprint density at radius 2 is 2.00 bits per heavy atom. The monoisotopic (exact) mass is 327 g/mol. The molecule has 0 bridgehead atoms. The van der Waals surface area contributed by atoms with Crippen molar-refractivity contribution in [2.75, 3.05) is 0 Å². The van der Waals surface area contributed by atoms with Gasteiger partial charge >= 0.3 is 0 Å². The molecule has 0 saturated heterocycles. The fourth-order valence-corrected chi connectivity index (χ4v) is 2.08. The van der Waals surface area contributed by atoms with Gasteiger partial charge in [0.05, 0.1) is 5.69 Å². The van der Waals surface area contributed by atoms with Crippen LogP contribution in [-0.4, -0.2) is 10.8 Å². The number of benzene rings is 1. The van der Waals surface area contributed by atoms with Crippen LogP contribution >= 0.6 is 31.9 Å². The number of carbonyl (C=O) groups excluding carboxylic acids is 1. The summed E-state index contributed by atoms with van der Waals surface area (Å²) in [6.07, 6.45) is 1.74. The van der Waals surface area contributed by atoms with Crippen molar-refractivity contribution in [2.45, 2.75) is 0 Å². The molecule has 1 aromatic heterocycles. The third-order valence-corrected chi connectivity index (χ3v) is 3.20. The van der Waals surface area contributed by atoms with E-state index < -0.39 is 0 Å². The predicted octanol–water partition coefficient (Wildman–Crippen LogP) is 3.77. The maximum absolute atomic E-state index is 12.0. The number of aromatic amines is 1. The van der Waals surface area contributed by atoms with E-state index >= 15 is 0 Å². The van der Waals surface area contributed by atoms with Crippen LogP contribution in [0.3, 0.4) is 0 Å². The van der Waals surface area contributed by atoms with E-state index in [1.807, 2.05) is 12.1 Å². The zero-order chi connectivity index (χ0) is 10.8. The summed E-state index contributed by atoms with van der Waals surface area (Å²) in [5.41, 5.74) is 1.24. The Balaban J connectivity index is 2.46. The van der Waals surface area contributed by atoms with E-state index in [4.69, 9.17) is 0 Å². The molecule has 0 aliphatic heterocycles. The molecule has 2 aromatic rings. The fraction of sp³-hybridized carbons (Fsp3) is 0. The molecule has 1 heterocycles. The molecule has 0 aliphatic rings. The average molecular weight is 329 g/mol. The van der Waals surface area contributed by atoms with Crippen molar-refractivity contribution in [3.8, 4) is 0 Å². The minimum atomic E-state index is -0.0202. The van der Waals surface area contributed by atoms with Crippen LogP contribution < -0.4 is 0 Å². The van der Waals surface area contributed by atoms with Gasteiger partial charge in [-0.25, -0.2) is 0 Å². The lowest BCUT2D eigenvalue weighted by Crippen LogP contribution is -2.02. The van der Waals surface area contributed by atoms with Crippen LogP contribution in [0.5, 0.6) is 0 Å². The zero-order valence-electron chi connectivity index (χ0n) is 7.63. The quantitative estimate of drug-likeness (QED) is 0.836. The van der Waals surface area contributed by atoms with Crippen LogP contribution in [0.2, 0.25) is 0 Å². The maximum atomic E-state index is 12.0. The number of hydrogen-bond acceptors (Lipinski definition) is 1. The van der Waals surface area contributed by atoms with E-state index in [9.17, 15) is 4.79 Å². The molecule has 0 aliphatic carbocycles. The predicted molar refractivity (Wildman–Crippen MR) is 66.1 cm³/mol. The van der Waals surface area contributed by atoms with Crippen LogP contribution in [0.1, 0.15) is 16.1 Å². The summed E-state index contributed by atoms with van der Waals surface area (Å²) in [4.78, 5) is 14.9. The third-order valence-electron chi connectivity index (χ3n) is 2.02. The molecular weight excluding hydrogens is 322 g/mol. The standard InChI is InChI=1S/C11H7Br2NO/c12-7-3-4-9(13)8(6-7)11(15)10-2-1-5-14-10/h1-6,14H. The highest BCUT2D eigenvalue weighted by Gasteiger charge is 2.13. The third kappa shape index (κ3) is 2.21. The normalized spacial score (nSPS) is 10.3. The number of nitrogens with one attached hydrogen (secondary N) is 1. The Kier molecular flexibility index (Phi) is 3.07. The van der Waals surface area contributed by atoms with Crippen LogP contribution in [-0.2, 0) is 0 Å². The van der Waals surface area contributed by atoms with E-state index in [-0.39, 0.29) is 5.78 Å². The van der Waals surface area contributed by atoms with Crippen molar-refractivity contribution in [2.24, 2.45) is 0 Å². The first-order valence-electron chi connectivity index (χ1n) is 4.31. The van der Waals surface area contributed by atoms with Gasteiger partial charge in [-0.05, 0) is 30.3 Å². The van der Waals surface area contributed by atoms with E-state index in [1.54, 1.807) is 24.4 Å². The molecule has 4 heteroatoms. The SMILES string of the molecule is O=C(c1ccc[nH]1)c1cc(Br)ccc1Br. The molecule has 0 fully saturated rings. The summed E-state index contributed by atoms with van der Waals surface area (Å²) >= 11 is 6.71. The number of H-pyrrole nitrogens is 1. The highest BCUT2D eigenvalue weighted by Crippen LogP contribution is 2.23. The molecule has 0 unspecified atom stereocenters. The molecule has 0 spiro atoms. The number of aromatic nitrogens is 1. The van der Waals surface area contributed by atoms with Crippen LogP contribution in [0.15, 0.2) is 45.5 Å². The molecule has 0 saturated carbocycles. The molecule has 2 rings (SSSR count). The Bertz CT molecular complexity index is 491. The fourth-order valence-electron chi connectivity index (χ4n) is 1.29. The Hall–Kier alpha value is -0.870. The molecule has 2 nitrogen and oxygen atoms in total. The second-order valence-corrected chi connectivity index (χ2v) is 4.81. The molecule has 1 N–H and O–H groups in total. The molecule has 0 atom stereocenters. The first-order chi connectivity index (χ1) is 7.18. The summed E-state index contributed by atoms with van der Waals surface area (Å²) in [6.45, 7) is 0. The van der Waals surface area contributed by atoms with E-state index in [0.717, 1.165) is 8.95 Å². The van der Waals surface area contributed by atoms with Gasteiger partial charge in [0.2, 0.25) is 5.78 Å². The first kappa shape index (κ1) is 10.6. The molecule has 1 aromatic carbocycles.